The van der Waals surface area contributed by atoms with Crippen molar-refractivity contribution in [1.82, 2.24) is 5.32 Å². The van der Waals surface area contributed by atoms with Crippen molar-refractivity contribution in [2.75, 3.05) is 6.61 Å². The number of hydrogen-bond donors (Lipinski definition) is 3. The summed E-state index contributed by atoms with van der Waals surface area (Å²) < 4.78 is 26.1. The topological polar surface area (TPSA) is 86.6 Å². The Morgan fingerprint density at radius 1 is 1.33 bits per heavy atom. The predicted octanol–water partition coefficient (Wildman–Crippen LogP) is 0.530. The first-order valence-corrected chi connectivity index (χ1v) is 5.06. The first kappa shape index (κ1) is 14.0. The number of amides is 1. The molecule has 0 saturated carbocycles. The summed E-state index contributed by atoms with van der Waals surface area (Å²) in [7, 11) is 0. The Morgan fingerprint density at radius 3 is 2.56 bits per heavy atom. The molecule has 0 aliphatic heterocycles. The van der Waals surface area contributed by atoms with Gasteiger partial charge in [0, 0.05) is 13.0 Å². The summed E-state index contributed by atoms with van der Waals surface area (Å²) in [4.78, 5) is 22.3. The van der Waals surface area contributed by atoms with Gasteiger partial charge in [-0.2, -0.15) is 0 Å². The molecule has 0 fully saturated rings. The molecule has 18 heavy (non-hydrogen) atoms. The summed E-state index contributed by atoms with van der Waals surface area (Å²) in [5.74, 6) is -4.96. The summed E-state index contributed by atoms with van der Waals surface area (Å²) in [5, 5.41) is 19.3. The van der Waals surface area contributed by atoms with Crippen molar-refractivity contribution in [3.8, 4) is 0 Å². The molecule has 1 aromatic carbocycles. The lowest BCUT2D eigenvalue weighted by Crippen LogP contribution is -2.41. The fourth-order valence-electron chi connectivity index (χ4n) is 1.30. The average molecular weight is 259 g/mol. The van der Waals surface area contributed by atoms with E-state index in [1.807, 2.05) is 5.32 Å². The monoisotopic (exact) mass is 259 g/mol. The van der Waals surface area contributed by atoms with Crippen LogP contribution in [-0.2, 0) is 4.79 Å². The van der Waals surface area contributed by atoms with Crippen LogP contribution in [0.3, 0.4) is 0 Å². The van der Waals surface area contributed by atoms with E-state index >= 15 is 0 Å². The number of rotatable bonds is 5. The number of nitrogens with one attached hydrogen (secondary N) is 1. The molecule has 3 N–H and O–H groups in total. The molecule has 1 atom stereocenters. The maximum Gasteiger partial charge on any atom is 0.326 e. The fraction of sp³-hybridized carbons (Fsp3) is 0.273. The van der Waals surface area contributed by atoms with E-state index in [0.717, 1.165) is 18.2 Å². The van der Waals surface area contributed by atoms with Crippen LogP contribution in [0.4, 0.5) is 8.78 Å². The van der Waals surface area contributed by atoms with Crippen LogP contribution in [0, 0.1) is 11.6 Å². The Morgan fingerprint density at radius 2 is 2.00 bits per heavy atom. The molecule has 98 valence electrons. The first-order valence-electron chi connectivity index (χ1n) is 5.06. The smallest absolute Gasteiger partial charge is 0.326 e. The molecule has 0 spiro atoms. The molecule has 0 radical (unpaired) electrons. The fourth-order valence-corrected chi connectivity index (χ4v) is 1.30. The van der Waals surface area contributed by atoms with Crippen molar-refractivity contribution in [1.29, 1.82) is 0 Å². The van der Waals surface area contributed by atoms with E-state index in [0.29, 0.717) is 0 Å². The molecule has 0 aromatic heterocycles. The van der Waals surface area contributed by atoms with Crippen molar-refractivity contribution >= 4 is 11.9 Å². The lowest BCUT2D eigenvalue weighted by atomic mass is 10.1. The molecule has 0 unspecified atom stereocenters. The van der Waals surface area contributed by atoms with Gasteiger partial charge in [-0.3, -0.25) is 4.79 Å². The summed E-state index contributed by atoms with van der Waals surface area (Å²) in [6.07, 6.45) is -0.224. The van der Waals surface area contributed by atoms with E-state index < -0.39 is 41.7 Å². The van der Waals surface area contributed by atoms with Gasteiger partial charge in [0.1, 0.15) is 6.04 Å². The minimum Gasteiger partial charge on any atom is -0.480 e. The zero-order valence-corrected chi connectivity index (χ0v) is 9.19. The lowest BCUT2D eigenvalue weighted by molar-refractivity contribution is -0.139. The Bertz CT molecular complexity index is 464. The van der Waals surface area contributed by atoms with Crippen LogP contribution < -0.4 is 5.32 Å². The number of carbonyl (C=O) groups excluding carboxylic acids is 1. The van der Waals surface area contributed by atoms with Crippen LogP contribution in [-0.4, -0.2) is 34.7 Å². The average Bonchev–Trinajstić information content (AvgIpc) is 2.31. The van der Waals surface area contributed by atoms with E-state index in [9.17, 15) is 18.4 Å². The second-order valence-electron chi connectivity index (χ2n) is 3.48. The second kappa shape index (κ2) is 6.06. The summed E-state index contributed by atoms with van der Waals surface area (Å²) >= 11 is 0. The standard InChI is InChI=1S/C11H11F2NO4/c12-7-3-1-2-6(9(7)13)10(16)14-8(4-5-15)11(17)18/h1-3,8,15H,4-5H2,(H,14,16)(H,17,18)/t8-/m0/s1. The number of carbonyl (C=O) groups is 2. The molecular formula is C11H11F2NO4. The third kappa shape index (κ3) is 3.24. The highest BCUT2D eigenvalue weighted by atomic mass is 19.2. The molecule has 0 aliphatic rings. The van der Waals surface area contributed by atoms with Crippen LogP contribution in [0.2, 0.25) is 0 Å². The van der Waals surface area contributed by atoms with Gasteiger partial charge >= 0.3 is 5.97 Å². The Labute approximate surface area is 101 Å². The summed E-state index contributed by atoms with van der Waals surface area (Å²) in [6, 6.07) is 1.65. The number of aliphatic hydroxyl groups excluding tert-OH is 1. The Kier molecular flexibility index (Phi) is 4.73. The normalized spacial score (nSPS) is 11.9. The number of hydrogen-bond acceptors (Lipinski definition) is 3. The maximum atomic E-state index is 13.3. The van der Waals surface area contributed by atoms with Crippen molar-refractivity contribution in [3.05, 3.63) is 35.4 Å². The first-order chi connectivity index (χ1) is 8.47. The molecule has 5 nitrogen and oxygen atoms in total. The van der Waals surface area contributed by atoms with Gasteiger partial charge in [-0.1, -0.05) is 6.07 Å². The van der Waals surface area contributed by atoms with Gasteiger partial charge in [0.2, 0.25) is 0 Å². The predicted molar refractivity (Wildman–Crippen MR) is 57.0 cm³/mol. The van der Waals surface area contributed by atoms with E-state index in [4.69, 9.17) is 10.2 Å². The molecule has 7 heteroatoms. The van der Waals surface area contributed by atoms with Gasteiger partial charge in [0.25, 0.3) is 5.91 Å². The third-order valence-electron chi connectivity index (χ3n) is 2.22. The molecule has 0 saturated heterocycles. The van der Waals surface area contributed by atoms with E-state index in [2.05, 4.69) is 0 Å². The quantitative estimate of drug-likeness (QED) is 0.720. The molecular weight excluding hydrogens is 248 g/mol. The van der Waals surface area contributed by atoms with Crippen LogP contribution in [0.1, 0.15) is 16.8 Å². The van der Waals surface area contributed by atoms with Gasteiger partial charge in [0.05, 0.1) is 5.56 Å². The minimum absolute atomic E-state index is 0.224. The zero-order chi connectivity index (χ0) is 13.7. The van der Waals surface area contributed by atoms with Gasteiger partial charge in [-0.15, -0.1) is 0 Å². The van der Waals surface area contributed by atoms with Crippen molar-refractivity contribution in [2.24, 2.45) is 0 Å². The summed E-state index contributed by atoms with van der Waals surface area (Å²) in [6.45, 7) is -0.455. The SMILES string of the molecule is O=C(N[C@@H](CCO)C(=O)O)c1cccc(F)c1F. The number of carboxylic acids is 1. The molecule has 0 bridgehead atoms. The maximum absolute atomic E-state index is 13.3. The largest absolute Gasteiger partial charge is 0.480 e. The number of aliphatic hydroxyl groups is 1. The van der Waals surface area contributed by atoms with Crippen molar-refractivity contribution in [3.63, 3.8) is 0 Å². The van der Waals surface area contributed by atoms with Crippen LogP contribution in [0.25, 0.3) is 0 Å². The van der Waals surface area contributed by atoms with E-state index in [1.54, 1.807) is 0 Å². The molecule has 1 aromatic rings. The number of halogens is 2. The van der Waals surface area contributed by atoms with Crippen LogP contribution in [0.5, 0.6) is 0 Å². The van der Waals surface area contributed by atoms with Crippen molar-refractivity contribution < 1.29 is 28.6 Å². The third-order valence-corrected chi connectivity index (χ3v) is 2.22. The molecule has 1 amide bonds. The van der Waals surface area contributed by atoms with Crippen LogP contribution in [0.15, 0.2) is 18.2 Å². The highest BCUT2D eigenvalue weighted by molar-refractivity contribution is 5.96. The summed E-state index contributed by atoms with van der Waals surface area (Å²) in [5.41, 5.74) is -0.584. The number of carboxylic acid groups (broad SMARTS) is 1. The second-order valence-corrected chi connectivity index (χ2v) is 3.48. The number of benzene rings is 1. The molecule has 0 aliphatic carbocycles. The minimum atomic E-state index is -1.37. The Hall–Kier alpha value is -2.02. The van der Waals surface area contributed by atoms with Gasteiger partial charge < -0.3 is 15.5 Å². The lowest BCUT2D eigenvalue weighted by Gasteiger charge is -2.13. The molecule has 0 heterocycles. The van der Waals surface area contributed by atoms with E-state index in [1.165, 1.54) is 0 Å². The number of aliphatic carboxylic acids is 1. The highest BCUT2D eigenvalue weighted by Crippen LogP contribution is 2.11. The van der Waals surface area contributed by atoms with E-state index in [-0.39, 0.29) is 6.42 Å². The zero-order valence-electron chi connectivity index (χ0n) is 9.19. The van der Waals surface area contributed by atoms with Gasteiger partial charge in [-0.05, 0) is 12.1 Å². The van der Waals surface area contributed by atoms with Crippen molar-refractivity contribution in [2.45, 2.75) is 12.5 Å². The molecule has 1 rings (SSSR count). The van der Waals surface area contributed by atoms with Crippen LogP contribution >= 0.6 is 0 Å². The van der Waals surface area contributed by atoms with Gasteiger partial charge in [-0.25, -0.2) is 13.6 Å². The Balaban J connectivity index is 2.87. The highest BCUT2D eigenvalue weighted by Gasteiger charge is 2.22. The van der Waals surface area contributed by atoms with Gasteiger partial charge in [0.15, 0.2) is 11.6 Å².